The van der Waals surface area contributed by atoms with Crippen LogP contribution in [0, 0.1) is 0 Å². The maximum Gasteiger partial charge on any atom is 0.244 e. The lowest BCUT2D eigenvalue weighted by molar-refractivity contribution is -0.128. The van der Waals surface area contributed by atoms with Gasteiger partial charge in [0.25, 0.3) is 0 Å². The molecule has 1 aromatic carbocycles. The Bertz CT molecular complexity index is 682. The van der Waals surface area contributed by atoms with Gasteiger partial charge in [-0.1, -0.05) is 12.1 Å². The Kier molecular flexibility index (Phi) is 8.16. The number of nitrogens with one attached hydrogen (secondary N) is 2. The third-order valence-corrected chi connectivity index (χ3v) is 5.70. The van der Waals surface area contributed by atoms with E-state index in [0.29, 0.717) is 5.96 Å². The Morgan fingerprint density at radius 1 is 1.14 bits per heavy atom. The molecule has 0 aromatic heterocycles. The zero-order valence-corrected chi connectivity index (χ0v) is 17.8. The summed E-state index contributed by atoms with van der Waals surface area (Å²) in [4.78, 5) is 21.3. The van der Waals surface area contributed by atoms with Crippen molar-refractivity contribution in [1.29, 1.82) is 0 Å². The van der Waals surface area contributed by atoms with Crippen LogP contribution in [0.4, 0.5) is 0 Å². The minimum absolute atomic E-state index is 0.114. The lowest BCUT2D eigenvalue weighted by Gasteiger charge is -2.29. The molecule has 2 heterocycles. The van der Waals surface area contributed by atoms with Crippen LogP contribution in [0.1, 0.15) is 44.2 Å². The van der Waals surface area contributed by atoms with Gasteiger partial charge in [0.15, 0.2) is 5.96 Å². The summed E-state index contributed by atoms with van der Waals surface area (Å²) < 4.78 is 5.43. The molecule has 2 fully saturated rings. The second-order valence-corrected chi connectivity index (χ2v) is 7.70. The number of carbonyl (C=O) groups excluding carboxylic acids is 1. The summed E-state index contributed by atoms with van der Waals surface area (Å²) in [7, 11) is 1.70. The highest BCUT2D eigenvalue weighted by atomic mass is 16.5. The number of likely N-dealkylation sites (tertiary alicyclic amines) is 2. The fourth-order valence-corrected chi connectivity index (χ4v) is 4.11. The molecule has 2 saturated heterocycles. The number of nitrogens with zero attached hydrogens (tertiary/aromatic N) is 3. The maximum absolute atomic E-state index is 12.3. The highest BCUT2D eigenvalue weighted by Gasteiger charge is 2.24. The van der Waals surface area contributed by atoms with Gasteiger partial charge >= 0.3 is 0 Å². The molecule has 160 valence electrons. The number of benzene rings is 1. The van der Waals surface area contributed by atoms with E-state index in [2.05, 4.69) is 32.7 Å². The summed E-state index contributed by atoms with van der Waals surface area (Å²) in [6.45, 7) is 7.67. The van der Waals surface area contributed by atoms with Crippen molar-refractivity contribution in [2.45, 2.75) is 38.6 Å². The van der Waals surface area contributed by atoms with E-state index in [-0.39, 0.29) is 18.5 Å². The summed E-state index contributed by atoms with van der Waals surface area (Å²) in [6, 6.07) is 8.55. The number of aliphatic imine (C=N–C) groups is 1. The van der Waals surface area contributed by atoms with Gasteiger partial charge < -0.3 is 20.3 Å². The molecule has 7 heteroatoms. The SMILES string of the molecule is CCNC(=NCC(=O)N1CCCC1)NCC(c1cccc(OC)c1)N1CCCC1. The minimum Gasteiger partial charge on any atom is -0.497 e. The zero-order chi connectivity index (χ0) is 20.5. The lowest BCUT2D eigenvalue weighted by Crippen LogP contribution is -2.43. The smallest absolute Gasteiger partial charge is 0.244 e. The van der Waals surface area contributed by atoms with Gasteiger partial charge in [0.2, 0.25) is 5.91 Å². The first kappa shape index (κ1) is 21.4. The monoisotopic (exact) mass is 401 g/mol. The Morgan fingerprint density at radius 3 is 2.55 bits per heavy atom. The van der Waals surface area contributed by atoms with Crippen LogP contribution in [0.15, 0.2) is 29.3 Å². The first-order valence-electron chi connectivity index (χ1n) is 10.9. The molecule has 0 aliphatic carbocycles. The van der Waals surface area contributed by atoms with E-state index in [1.54, 1.807) is 7.11 Å². The van der Waals surface area contributed by atoms with Crippen LogP contribution in [-0.4, -0.2) is 74.6 Å². The molecule has 2 aliphatic rings. The molecule has 0 spiro atoms. The zero-order valence-electron chi connectivity index (χ0n) is 17.8. The number of hydrogen-bond donors (Lipinski definition) is 2. The number of amides is 1. The van der Waals surface area contributed by atoms with Gasteiger partial charge in [-0.25, -0.2) is 4.99 Å². The van der Waals surface area contributed by atoms with Gasteiger partial charge in [0.05, 0.1) is 13.2 Å². The van der Waals surface area contributed by atoms with Crippen molar-refractivity contribution in [3.05, 3.63) is 29.8 Å². The van der Waals surface area contributed by atoms with E-state index in [1.807, 2.05) is 24.0 Å². The van der Waals surface area contributed by atoms with Gasteiger partial charge in [-0.05, 0) is 63.4 Å². The van der Waals surface area contributed by atoms with Crippen molar-refractivity contribution in [2.75, 3.05) is 52.9 Å². The molecule has 7 nitrogen and oxygen atoms in total. The van der Waals surface area contributed by atoms with Crippen molar-refractivity contribution in [2.24, 2.45) is 4.99 Å². The largest absolute Gasteiger partial charge is 0.497 e. The first-order valence-corrected chi connectivity index (χ1v) is 10.9. The van der Waals surface area contributed by atoms with Crippen LogP contribution in [0.2, 0.25) is 0 Å². The molecule has 3 rings (SSSR count). The second kappa shape index (κ2) is 11.0. The van der Waals surface area contributed by atoms with Crippen molar-refractivity contribution in [1.82, 2.24) is 20.4 Å². The molecule has 1 amide bonds. The molecule has 0 saturated carbocycles. The second-order valence-electron chi connectivity index (χ2n) is 7.70. The number of ether oxygens (including phenoxy) is 1. The Balaban J connectivity index is 1.66. The summed E-state index contributed by atoms with van der Waals surface area (Å²) in [5.41, 5.74) is 1.24. The van der Waals surface area contributed by atoms with Crippen LogP contribution in [0.3, 0.4) is 0 Å². The summed E-state index contributed by atoms with van der Waals surface area (Å²) >= 11 is 0. The molecule has 1 atom stereocenters. The molecule has 1 aromatic rings. The van der Waals surface area contributed by atoms with Crippen LogP contribution in [-0.2, 0) is 4.79 Å². The lowest BCUT2D eigenvalue weighted by atomic mass is 10.1. The minimum atomic E-state index is 0.114. The summed E-state index contributed by atoms with van der Waals surface area (Å²) in [6.07, 6.45) is 4.68. The molecule has 29 heavy (non-hydrogen) atoms. The van der Waals surface area contributed by atoms with Gasteiger partial charge in [-0.15, -0.1) is 0 Å². The third kappa shape index (κ3) is 6.10. The fourth-order valence-electron chi connectivity index (χ4n) is 4.11. The highest BCUT2D eigenvalue weighted by molar-refractivity contribution is 5.85. The molecule has 1 unspecified atom stereocenters. The highest BCUT2D eigenvalue weighted by Crippen LogP contribution is 2.27. The number of hydrogen-bond acceptors (Lipinski definition) is 4. The molecule has 0 bridgehead atoms. The molecule has 2 N–H and O–H groups in total. The number of guanidine groups is 1. The predicted molar refractivity (Wildman–Crippen MR) is 116 cm³/mol. The van der Waals surface area contributed by atoms with Crippen LogP contribution in [0.25, 0.3) is 0 Å². The Labute approximate surface area is 174 Å². The normalized spacial score (nSPS) is 18.7. The Hall–Kier alpha value is -2.28. The standard InChI is InChI=1S/C22H35N5O2/c1-3-23-22(25-17-21(28)27-13-6-7-14-27)24-16-20(26-11-4-5-12-26)18-9-8-10-19(15-18)29-2/h8-10,15,20H,3-7,11-14,16-17H2,1-2H3,(H2,23,24,25). The quantitative estimate of drug-likeness (QED) is 0.515. The van der Waals surface area contributed by atoms with E-state index in [4.69, 9.17) is 4.74 Å². The van der Waals surface area contributed by atoms with Crippen LogP contribution >= 0.6 is 0 Å². The molecule has 2 aliphatic heterocycles. The van der Waals surface area contributed by atoms with E-state index in [9.17, 15) is 4.79 Å². The summed E-state index contributed by atoms with van der Waals surface area (Å²) in [5.74, 6) is 1.69. The van der Waals surface area contributed by atoms with E-state index in [1.165, 1.54) is 18.4 Å². The van der Waals surface area contributed by atoms with Gasteiger partial charge in [-0.2, -0.15) is 0 Å². The topological polar surface area (TPSA) is 69.2 Å². The van der Waals surface area contributed by atoms with Crippen molar-refractivity contribution < 1.29 is 9.53 Å². The first-order chi connectivity index (χ1) is 14.2. The number of rotatable bonds is 8. The van der Waals surface area contributed by atoms with Crippen molar-refractivity contribution in [3.63, 3.8) is 0 Å². The third-order valence-electron chi connectivity index (χ3n) is 5.70. The van der Waals surface area contributed by atoms with Gasteiger partial charge in [0.1, 0.15) is 12.3 Å². The maximum atomic E-state index is 12.3. The van der Waals surface area contributed by atoms with Crippen molar-refractivity contribution >= 4 is 11.9 Å². The number of methoxy groups -OCH3 is 1. The van der Waals surface area contributed by atoms with E-state index in [0.717, 1.165) is 57.9 Å². The van der Waals surface area contributed by atoms with Crippen LogP contribution in [0.5, 0.6) is 5.75 Å². The molecule has 0 radical (unpaired) electrons. The van der Waals surface area contributed by atoms with Crippen LogP contribution < -0.4 is 15.4 Å². The Morgan fingerprint density at radius 2 is 1.86 bits per heavy atom. The average Bonchev–Trinajstić information content (AvgIpc) is 3.46. The van der Waals surface area contributed by atoms with Crippen molar-refractivity contribution in [3.8, 4) is 5.75 Å². The fraction of sp³-hybridized carbons (Fsp3) is 0.636. The average molecular weight is 402 g/mol. The molecular weight excluding hydrogens is 366 g/mol. The summed E-state index contributed by atoms with van der Waals surface area (Å²) in [5, 5.41) is 6.74. The van der Waals surface area contributed by atoms with E-state index >= 15 is 0 Å². The predicted octanol–water partition coefficient (Wildman–Crippen LogP) is 2.01. The van der Waals surface area contributed by atoms with Gasteiger partial charge in [-0.3, -0.25) is 9.69 Å². The van der Waals surface area contributed by atoms with Gasteiger partial charge in [0, 0.05) is 26.2 Å². The van der Waals surface area contributed by atoms with E-state index < -0.39 is 0 Å². The molecular formula is C22H35N5O2. The number of carbonyl (C=O) groups is 1.